The lowest BCUT2D eigenvalue weighted by Crippen LogP contribution is -2.28. The number of amides is 2. The Bertz CT molecular complexity index is 2550. The standard InChI is InChI=1S/C47H34N4O2/c48-43-13-5-7-29-15-17-31(27-39(29)43)45(52)50-35-23-19-33(20-24-35)47(41-11-3-1-9-37(41)38-10-2-4-12-42(38)47)34-21-25-36(26-22-34)51-46(53)32-18-16-30-8-6-14-44(49)40(30)28-32/h1-28H,48-49H2,(H,50,52)(H,51,53). The summed E-state index contributed by atoms with van der Waals surface area (Å²) >= 11 is 0. The lowest BCUT2D eigenvalue weighted by molar-refractivity contribution is 0.101. The Morgan fingerprint density at radius 1 is 0.434 bits per heavy atom. The van der Waals surface area contributed by atoms with E-state index in [-0.39, 0.29) is 11.8 Å². The van der Waals surface area contributed by atoms with Gasteiger partial charge < -0.3 is 22.1 Å². The molecule has 0 spiro atoms. The molecule has 1 aliphatic rings. The van der Waals surface area contributed by atoms with Crippen molar-refractivity contribution in [3.05, 3.63) is 203 Å². The van der Waals surface area contributed by atoms with Gasteiger partial charge in [0.1, 0.15) is 0 Å². The average Bonchev–Trinajstić information content (AvgIpc) is 3.49. The maximum atomic E-state index is 13.4. The maximum Gasteiger partial charge on any atom is 0.255 e. The quantitative estimate of drug-likeness (QED) is 0.131. The third kappa shape index (κ3) is 5.27. The molecular formula is C47H34N4O2. The summed E-state index contributed by atoms with van der Waals surface area (Å²) in [6.07, 6.45) is 0. The van der Waals surface area contributed by atoms with Crippen LogP contribution in [0.5, 0.6) is 0 Å². The van der Waals surface area contributed by atoms with Crippen molar-refractivity contribution >= 4 is 56.1 Å². The number of nitrogens with two attached hydrogens (primary N) is 2. The molecule has 254 valence electrons. The zero-order valence-corrected chi connectivity index (χ0v) is 28.6. The topological polar surface area (TPSA) is 110 Å². The van der Waals surface area contributed by atoms with Crippen molar-refractivity contribution in [1.29, 1.82) is 0 Å². The van der Waals surface area contributed by atoms with Crippen LogP contribution in [-0.2, 0) is 5.41 Å². The summed E-state index contributed by atoms with van der Waals surface area (Å²) in [5.74, 6) is -0.419. The predicted octanol–water partition coefficient (Wildman–Crippen LogP) is 10.0. The molecule has 0 heterocycles. The Labute approximate surface area is 306 Å². The van der Waals surface area contributed by atoms with Crippen molar-refractivity contribution < 1.29 is 9.59 Å². The molecule has 6 nitrogen and oxygen atoms in total. The third-order valence-electron chi connectivity index (χ3n) is 10.5. The van der Waals surface area contributed by atoms with Gasteiger partial charge in [-0.2, -0.15) is 0 Å². The van der Waals surface area contributed by atoms with E-state index in [1.54, 1.807) is 0 Å². The van der Waals surface area contributed by atoms with Gasteiger partial charge in [0, 0.05) is 44.6 Å². The Hall–Kier alpha value is -7.18. The molecule has 8 aromatic carbocycles. The molecule has 0 aliphatic heterocycles. The van der Waals surface area contributed by atoms with Crippen molar-refractivity contribution in [3.63, 3.8) is 0 Å². The van der Waals surface area contributed by atoms with E-state index in [2.05, 4.69) is 83.4 Å². The minimum atomic E-state index is -0.649. The van der Waals surface area contributed by atoms with E-state index >= 15 is 0 Å². The second kappa shape index (κ2) is 12.5. The van der Waals surface area contributed by atoms with Crippen LogP contribution in [0.3, 0.4) is 0 Å². The fraction of sp³-hybridized carbons (Fsp3) is 0.0213. The Balaban J connectivity index is 1.07. The van der Waals surface area contributed by atoms with Gasteiger partial charge in [-0.15, -0.1) is 0 Å². The number of carbonyl (C=O) groups is 2. The summed E-state index contributed by atoms with van der Waals surface area (Å²) in [5, 5.41) is 9.82. The van der Waals surface area contributed by atoms with Gasteiger partial charge >= 0.3 is 0 Å². The van der Waals surface area contributed by atoms with Crippen molar-refractivity contribution in [2.45, 2.75) is 5.41 Å². The first-order valence-electron chi connectivity index (χ1n) is 17.5. The maximum absolute atomic E-state index is 13.4. The molecule has 0 atom stereocenters. The summed E-state index contributed by atoms with van der Waals surface area (Å²) in [6, 6.07) is 55.8. The molecule has 6 N–H and O–H groups in total. The van der Waals surface area contributed by atoms with Crippen LogP contribution in [0.2, 0.25) is 0 Å². The van der Waals surface area contributed by atoms with Crippen LogP contribution < -0.4 is 22.1 Å². The monoisotopic (exact) mass is 686 g/mol. The highest BCUT2D eigenvalue weighted by atomic mass is 16.2. The lowest BCUT2D eigenvalue weighted by Gasteiger charge is -2.34. The molecule has 1 aliphatic carbocycles. The van der Waals surface area contributed by atoms with Crippen LogP contribution in [0, 0.1) is 0 Å². The van der Waals surface area contributed by atoms with Crippen LogP contribution in [-0.4, -0.2) is 11.8 Å². The van der Waals surface area contributed by atoms with Gasteiger partial charge in [-0.1, -0.05) is 109 Å². The SMILES string of the molecule is Nc1cccc2ccc(C(=O)Nc3ccc(C4(c5ccc(NC(=O)c6ccc7cccc(N)c7c6)cc5)c5ccccc5-c5ccccc54)cc3)cc12. The van der Waals surface area contributed by atoms with Crippen LogP contribution in [0.15, 0.2) is 170 Å². The number of hydrogen-bond donors (Lipinski definition) is 4. The van der Waals surface area contributed by atoms with Crippen LogP contribution in [0.1, 0.15) is 43.0 Å². The Morgan fingerprint density at radius 3 is 1.28 bits per heavy atom. The molecule has 0 bridgehead atoms. The molecular weight excluding hydrogens is 653 g/mol. The summed E-state index contributed by atoms with van der Waals surface area (Å²) < 4.78 is 0. The summed E-state index contributed by atoms with van der Waals surface area (Å²) in [6.45, 7) is 0. The molecule has 53 heavy (non-hydrogen) atoms. The molecule has 0 saturated carbocycles. The van der Waals surface area contributed by atoms with E-state index in [4.69, 9.17) is 11.5 Å². The zero-order chi connectivity index (χ0) is 36.1. The largest absolute Gasteiger partial charge is 0.398 e. The number of nitrogen functional groups attached to an aromatic ring is 2. The second-order valence-corrected chi connectivity index (χ2v) is 13.5. The van der Waals surface area contributed by atoms with Gasteiger partial charge in [-0.25, -0.2) is 0 Å². The Morgan fingerprint density at radius 2 is 0.849 bits per heavy atom. The highest BCUT2D eigenvalue weighted by Crippen LogP contribution is 2.56. The zero-order valence-electron chi connectivity index (χ0n) is 28.6. The first-order valence-corrected chi connectivity index (χ1v) is 17.5. The minimum Gasteiger partial charge on any atom is -0.398 e. The van der Waals surface area contributed by atoms with Gasteiger partial charge in [0.25, 0.3) is 11.8 Å². The molecule has 2 amide bonds. The molecule has 0 aromatic heterocycles. The van der Waals surface area contributed by atoms with Gasteiger partial charge in [0.05, 0.1) is 5.41 Å². The van der Waals surface area contributed by atoms with Crippen molar-refractivity contribution in [2.75, 3.05) is 22.1 Å². The summed E-state index contributed by atoms with van der Waals surface area (Å²) in [7, 11) is 0. The number of rotatable bonds is 6. The van der Waals surface area contributed by atoms with E-state index in [0.717, 1.165) is 43.8 Å². The van der Waals surface area contributed by atoms with Gasteiger partial charge in [-0.3, -0.25) is 9.59 Å². The summed E-state index contributed by atoms with van der Waals surface area (Å²) in [5.41, 5.74) is 22.2. The summed E-state index contributed by atoms with van der Waals surface area (Å²) in [4.78, 5) is 26.8. The normalized spacial score (nSPS) is 12.6. The number of anilines is 4. The molecule has 0 fully saturated rings. The fourth-order valence-corrected chi connectivity index (χ4v) is 7.91. The first kappa shape index (κ1) is 31.8. The van der Waals surface area contributed by atoms with Crippen molar-refractivity contribution in [2.24, 2.45) is 0 Å². The lowest BCUT2D eigenvalue weighted by atomic mass is 9.67. The first-order chi connectivity index (χ1) is 25.9. The smallest absolute Gasteiger partial charge is 0.255 e. The Kier molecular flexibility index (Phi) is 7.52. The van der Waals surface area contributed by atoms with Gasteiger partial charge in [0.15, 0.2) is 0 Å². The molecule has 0 radical (unpaired) electrons. The van der Waals surface area contributed by atoms with Crippen LogP contribution in [0.25, 0.3) is 32.7 Å². The van der Waals surface area contributed by atoms with Crippen LogP contribution >= 0.6 is 0 Å². The second-order valence-electron chi connectivity index (χ2n) is 13.5. The predicted molar refractivity (Wildman–Crippen MR) is 216 cm³/mol. The molecule has 6 heteroatoms. The van der Waals surface area contributed by atoms with E-state index in [0.29, 0.717) is 33.9 Å². The molecule has 0 saturated heterocycles. The van der Waals surface area contributed by atoms with Crippen LogP contribution in [0.4, 0.5) is 22.7 Å². The number of benzene rings is 8. The minimum absolute atomic E-state index is 0.209. The number of hydrogen-bond acceptors (Lipinski definition) is 4. The molecule has 8 aromatic rings. The molecule has 0 unspecified atom stereocenters. The fourth-order valence-electron chi connectivity index (χ4n) is 7.91. The number of nitrogens with one attached hydrogen (secondary N) is 2. The van der Waals surface area contributed by atoms with E-state index in [1.807, 2.05) is 97.1 Å². The van der Waals surface area contributed by atoms with Crippen molar-refractivity contribution in [1.82, 2.24) is 0 Å². The highest BCUT2D eigenvalue weighted by Gasteiger charge is 2.45. The van der Waals surface area contributed by atoms with E-state index in [9.17, 15) is 9.59 Å². The number of fused-ring (bicyclic) bond motifs is 5. The van der Waals surface area contributed by atoms with E-state index in [1.165, 1.54) is 11.1 Å². The molecule has 9 rings (SSSR count). The van der Waals surface area contributed by atoms with Gasteiger partial charge in [0.2, 0.25) is 0 Å². The third-order valence-corrected chi connectivity index (χ3v) is 10.5. The highest BCUT2D eigenvalue weighted by molar-refractivity contribution is 6.09. The number of carbonyl (C=O) groups excluding carboxylic acids is 2. The van der Waals surface area contributed by atoms with Gasteiger partial charge in [-0.05, 0) is 105 Å². The van der Waals surface area contributed by atoms with E-state index < -0.39 is 5.41 Å². The average molecular weight is 687 g/mol. The van der Waals surface area contributed by atoms with Crippen molar-refractivity contribution in [3.8, 4) is 11.1 Å².